The van der Waals surface area contributed by atoms with Crippen molar-refractivity contribution in [3.8, 4) is 5.69 Å². The minimum Gasteiger partial charge on any atom is -0.301 e. The molecule has 0 amide bonds. The van der Waals surface area contributed by atoms with E-state index in [1.807, 2.05) is 36.7 Å². The Hall–Kier alpha value is -2.86. The second kappa shape index (κ2) is 6.80. The van der Waals surface area contributed by atoms with Crippen LogP contribution in [0.3, 0.4) is 0 Å². The molecule has 0 bridgehead atoms. The standard InChI is InChI=1S/C20H18N4OS/c1-13-11-14(2)24(23-13)16-9-7-15(8-10-16)12-26-20-21-18-6-4-3-5-17(18)19(25)22-20/h3-11H,12H2,1-2H3,(H,21,22,25). The zero-order valence-corrected chi connectivity index (χ0v) is 15.4. The Bertz CT molecular complexity index is 1130. The highest BCUT2D eigenvalue weighted by atomic mass is 32.2. The number of aromatic nitrogens is 4. The minimum absolute atomic E-state index is 0.0991. The summed E-state index contributed by atoms with van der Waals surface area (Å²) < 4.78 is 1.94. The zero-order valence-electron chi connectivity index (χ0n) is 14.6. The maximum absolute atomic E-state index is 12.1. The number of hydrogen-bond acceptors (Lipinski definition) is 4. The quantitative estimate of drug-likeness (QED) is 0.440. The summed E-state index contributed by atoms with van der Waals surface area (Å²) >= 11 is 1.52. The van der Waals surface area contributed by atoms with E-state index in [1.165, 1.54) is 11.8 Å². The number of rotatable bonds is 4. The van der Waals surface area contributed by atoms with Gasteiger partial charge in [0.05, 0.1) is 22.3 Å². The van der Waals surface area contributed by atoms with E-state index in [4.69, 9.17) is 0 Å². The number of aryl methyl sites for hydroxylation is 2. The van der Waals surface area contributed by atoms with Crippen molar-refractivity contribution < 1.29 is 0 Å². The molecule has 130 valence electrons. The molecule has 0 atom stereocenters. The van der Waals surface area contributed by atoms with Crippen LogP contribution in [0.25, 0.3) is 16.6 Å². The molecular formula is C20H18N4OS. The van der Waals surface area contributed by atoms with Crippen molar-refractivity contribution in [3.05, 3.63) is 81.9 Å². The fourth-order valence-electron chi connectivity index (χ4n) is 2.91. The van der Waals surface area contributed by atoms with Crippen LogP contribution in [-0.4, -0.2) is 19.7 Å². The van der Waals surface area contributed by atoms with E-state index in [0.29, 0.717) is 10.5 Å². The molecule has 2 aromatic heterocycles. The van der Waals surface area contributed by atoms with Gasteiger partial charge in [-0.05, 0) is 49.7 Å². The molecule has 0 aliphatic heterocycles. The zero-order chi connectivity index (χ0) is 18.1. The van der Waals surface area contributed by atoms with Gasteiger partial charge in [0.2, 0.25) is 0 Å². The Morgan fingerprint density at radius 3 is 2.58 bits per heavy atom. The number of aromatic amines is 1. The first-order chi connectivity index (χ1) is 12.6. The van der Waals surface area contributed by atoms with E-state index in [0.717, 1.165) is 33.9 Å². The van der Waals surface area contributed by atoms with Gasteiger partial charge in [-0.2, -0.15) is 5.10 Å². The Balaban J connectivity index is 1.52. The normalized spacial score (nSPS) is 11.2. The van der Waals surface area contributed by atoms with Crippen LogP contribution in [0.1, 0.15) is 17.0 Å². The summed E-state index contributed by atoms with van der Waals surface area (Å²) in [6.07, 6.45) is 0. The van der Waals surface area contributed by atoms with Crippen LogP contribution in [-0.2, 0) is 5.75 Å². The van der Waals surface area contributed by atoms with Gasteiger partial charge in [0.15, 0.2) is 5.16 Å². The molecule has 6 heteroatoms. The van der Waals surface area contributed by atoms with Gasteiger partial charge in [0.25, 0.3) is 5.56 Å². The lowest BCUT2D eigenvalue weighted by molar-refractivity contribution is 0.833. The first-order valence-electron chi connectivity index (χ1n) is 8.34. The maximum Gasteiger partial charge on any atom is 0.259 e. The molecule has 2 aromatic carbocycles. The van der Waals surface area contributed by atoms with Crippen LogP contribution < -0.4 is 5.56 Å². The summed E-state index contributed by atoms with van der Waals surface area (Å²) in [4.78, 5) is 19.5. The third kappa shape index (κ3) is 3.28. The molecule has 0 saturated heterocycles. The molecule has 0 aliphatic rings. The van der Waals surface area contributed by atoms with Crippen molar-refractivity contribution in [2.75, 3.05) is 0 Å². The van der Waals surface area contributed by atoms with Crippen LogP contribution in [0, 0.1) is 13.8 Å². The van der Waals surface area contributed by atoms with Crippen LogP contribution in [0.15, 0.2) is 64.5 Å². The third-order valence-corrected chi connectivity index (χ3v) is 5.10. The molecule has 2 heterocycles. The predicted octanol–water partition coefficient (Wildman–Crippen LogP) is 4.02. The topological polar surface area (TPSA) is 63.6 Å². The Kier molecular flexibility index (Phi) is 4.34. The van der Waals surface area contributed by atoms with Gasteiger partial charge in [0, 0.05) is 11.4 Å². The highest BCUT2D eigenvalue weighted by Gasteiger charge is 2.06. The van der Waals surface area contributed by atoms with E-state index in [2.05, 4.69) is 45.4 Å². The second-order valence-electron chi connectivity index (χ2n) is 6.18. The first-order valence-corrected chi connectivity index (χ1v) is 9.33. The average molecular weight is 362 g/mol. The van der Waals surface area contributed by atoms with Crippen molar-refractivity contribution in [2.45, 2.75) is 24.8 Å². The lowest BCUT2D eigenvalue weighted by Gasteiger charge is -2.06. The highest BCUT2D eigenvalue weighted by Crippen LogP contribution is 2.21. The van der Waals surface area contributed by atoms with Gasteiger partial charge in [-0.25, -0.2) is 9.67 Å². The van der Waals surface area contributed by atoms with Crippen LogP contribution in [0.2, 0.25) is 0 Å². The van der Waals surface area contributed by atoms with Crippen molar-refractivity contribution in [3.63, 3.8) is 0 Å². The van der Waals surface area contributed by atoms with Gasteiger partial charge < -0.3 is 4.98 Å². The van der Waals surface area contributed by atoms with Gasteiger partial charge in [-0.1, -0.05) is 36.0 Å². The van der Waals surface area contributed by atoms with Gasteiger partial charge >= 0.3 is 0 Å². The SMILES string of the molecule is Cc1cc(C)n(-c2ccc(CSc3nc4ccccc4c(=O)[nH]3)cc2)n1. The summed E-state index contributed by atoms with van der Waals surface area (Å²) in [5, 5.41) is 5.76. The number of nitrogens with one attached hydrogen (secondary N) is 1. The third-order valence-electron chi connectivity index (χ3n) is 4.16. The number of benzene rings is 2. The van der Waals surface area contributed by atoms with Crippen molar-refractivity contribution in [2.24, 2.45) is 0 Å². The molecule has 0 saturated carbocycles. The van der Waals surface area contributed by atoms with Crippen LogP contribution in [0.4, 0.5) is 0 Å². The molecule has 1 N–H and O–H groups in total. The van der Waals surface area contributed by atoms with Gasteiger partial charge in [0.1, 0.15) is 0 Å². The summed E-state index contributed by atoms with van der Waals surface area (Å²) in [6.45, 7) is 4.04. The summed E-state index contributed by atoms with van der Waals surface area (Å²) in [6, 6.07) is 17.7. The van der Waals surface area contributed by atoms with Crippen molar-refractivity contribution in [1.29, 1.82) is 0 Å². The molecule has 4 rings (SSSR count). The molecular weight excluding hydrogens is 344 g/mol. The highest BCUT2D eigenvalue weighted by molar-refractivity contribution is 7.98. The Morgan fingerprint density at radius 2 is 1.85 bits per heavy atom. The number of para-hydroxylation sites is 1. The Morgan fingerprint density at radius 1 is 1.08 bits per heavy atom. The van der Waals surface area contributed by atoms with Crippen molar-refractivity contribution in [1.82, 2.24) is 19.7 Å². The molecule has 5 nitrogen and oxygen atoms in total. The summed E-state index contributed by atoms with van der Waals surface area (Å²) in [5.41, 5.74) is 4.95. The predicted molar refractivity (Wildman–Crippen MR) is 105 cm³/mol. The van der Waals surface area contributed by atoms with Crippen LogP contribution in [0.5, 0.6) is 0 Å². The lowest BCUT2D eigenvalue weighted by atomic mass is 10.2. The molecule has 0 aliphatic carbocycles. The van der Waals surface area contributed by atoms with Gasteiger partial charge in [-0.3, -0.25) is 4.79 Å². The second-order valence-corrected chi connectivity index (χ2v) is 7.15. The van der Waals surface area contributed by atoms with E-state index in [1.54, 1.807) is 6.07 Å². The molecule has 26 heavy (non-hydrogen) atoms. The van der Waals surface area contributed by atoms with E-state index < -0.39 is 0 Å². The van der Waals surface area contributed by atoms with E-state index in [9.17, 15) is 4.79 Å². The van der Waals surface area contributed by atoms with E-state index in [-0.39, 0.29) is 5.56 Å². The van der Waals surface area contributed by atoms with Crippen LogP contribution >= 0.6 is 11.8 Å². The number of thioether (sulfide) groups is 1. The van der Waals surface area contributed by atoms with E-state index >= 15 is 0 Å². The number of hydrogen-bond donors (Lipinski definition) is 1. The van der Waals surface area contributed by atoms with Crippen molar-refractivity contribution >= 4 is 22.7 Å². The lowest BCUT2D eigenvalue weighted by Crippen LogP contribution is -2.08. The average Bonchev–Trinajstić information content (AvgIpc) is 2.99. The number of nitrogens with zero attached hydrogens (tertiary/aromatic N) is 3. The number of H-pyrrole nitrogens is 1. The Labute approximate surface area is 155 Å². The monoisotopic (exact) mass is 362 g/mol. The molecule has 0 radical (unpaired) electrons. The number of fused-ring (bicyclic) bond motifs is 1. The molecule has 0 fully saturated rings. The minimum atomic E-state index is -0.0991. The maximum atomic E-state index is 12.1. The van der Waals surface area contributed by atoms with Gasteiger partial charge in [-0.15, -0.1) is 0 Å². The summed E-state index contributed by atoms with van der Waals surface area (Å²) in [7, 11) is 0. The fraction of sp³-hybridized carbons (Fsp3) is 0.150. The fourth-order valence-corrected chi connectivity index (χ4v) is 3.73. The first kappa shape index (κ1) is 16.6. The molecule has 4 aromatic rings. The smallest absolute Gasteiger partial charge is 0.259 e. The molecule has 0 spiro atoms. The molecule has 0 unspecified atom stereocenters. The summed E-state index contributed by atoms with van der Waals surface area (Å²) in [5.74, 6) is 0.735. The largest absolute Gasteiger partial charge is 0.301 e.